The number of ether oxygens (including phenoxy) is 1. The molecule has 0 N–H and O–H groups in total. The van der Waals surface area contributed by atoms with Crippen LogP contribution in [0, 0.1) is 0 Å². The largest absolute Gasteiger partial charge is 0.456 e. The van der Waals surface area contributed by atoms with Crippen LogP contribution in [0.1, 0.15) is 0 Å². The molecule has 0 spiro atoms. The minimum atomic E-state index is 0.373. The molecule has 0 radical (unpaired) electrons. The molecule has 5 aromatic rings. The summed E-state index contributed by atoms with van der Waals surface area (Å²) in [6, 6.07) is 24.8. The monoisotopic (exact) mass is 465 g/mol. The van der Waals surface area contributed by atoms with E-state index in [4.69, 9.17) is 20.9 Å². The Morgan fingerprint density at radius 1 is 0.931 bits per heavy atom. The maximum atomic E-state index is 6.41. The Kier molecular flexibility index (Phi) is 4.58. The van der Waals surface area contributed by atoms with Crippen molar-refractivity contribution in [2.75, 3.05) is 0 Å². The molecule has 0 bridgehead atoms. The predicted octanol–water partition coefficient (Wildman–Crippen LogP) is 6.89. The van der Waals surface area contributed by atoms with Crippen molar-refractivity contribution in [1.82, 2.24) is 14.7 Å². The maximum absolute atomic E-state index is 6.41. The minimum Gasteiger partial charge on any atom is -0.456 e. The van der Waals surface area contributed by atoms with Gasteiger partial charge in [0.05, 0.1) is 15.1 Å². The lowest BCUT2D eigenvalue weighted by atomic mass is 10.2. The average Bonchev–Trinajstić information content (AvgIpc) is 3.34. The van der Waals surface area contributed by atoms with Gasteiger partial charge in [-0.2, -0.15) is 4.98 Å². The first-order valence-electron chi connectivity index (χ1n) is 8.82. The van der Waals surface area contributed by atoms with Gasteiger partial charge in [0, 0.05) is 10.9 Å². The fourth-order valence-electron chi connectivity index (χ4n) is 3.08. The number of benzene rings is 3. The third kappa shape index (κ3) is 3.41. The van der Waals surface area contributed by atoms with Gasteiger partial charge in [0.15, 0.2) is 0 Å². The fraction of sp³-hybridized carbons (Fsp3) is 0. The third-order valence-electron chi connectivity index (χ3n) is 4.43. The van der Waals surface area contributed by atoms with Crippen molar-refractivity contribution < 1.29 is 9.26 Å². The molecule has 0 unspecified atom stereocenters. The second-order valence-electron chi connectivity index (χ2n) is 6.32. The average molecular weight is 467 g/mol. The van der Waals surface area contributed by atoms with Gasteiger partial charge in [0.25, 0.3) is 11.8 Å². The first kappa shape index (κ1) is 18.0. The van der Waals surface area contributed by atoms with Crippen LogP contribution in [-0.4, -0.2) is 14.7 Å². The minimum absolute atomic E-state index is 0.373. The number of rotatable bonds is 4. The molecular formula is C22H13BrClN3O2. The molecule has 0 aliphatic carbocycles. The van der Waals surface area contributed by atoms with E-state index in [9.17, 15) is 0 Å². The van der Waals surface area contributed by atoms with Gasteiger partial charge in [-0.25, -0.2) is 0 Å². The van der Waals surface area contributed by atoms with Gasteiger partial charge >= 0.3 is 0 Å². The smallest absolute Gasteiger partial charge is 0.275 e. The molecule has 29 heavy (non-hydrogen) atoms. The SMILES string of the molecule is Clc1cc(-c2nc(-n3c(Br)cc4ccccc43)no2)ccc1Oc1ccccc1. The first-order chi connectivity index (χ1) is 14.2. The molecule has 142 valence electrons. The van der Waals surface area contributed by atoms with E-state index in [1.165, 1.54) is 0 Å². The van der Waals surface area contributed by atoms with E-state index in [1.54, 1.807) is 12.1 Å². The van der Waals surface area contributed by atoms with Crippen LogP contribution in [0.5, 0.6) is 11.5 Å². The Hall–Kier alpha value is -3.09. The van der Waals surface area contributed by atoms with Crippen molar-refractivity contribution >= 4 is 38.4 Å². The van der Waals surface area contributed by atoms with Gasteiger partial charge in [-0.3, -0.25) is 4.57 Å². The molecule has 0 saturated heterocycles. The van der Waals surface area contributed by atoms with Gasteiger partial charge in [0.2, 0.25) is 0 Å². The van der Waals surface area contributed by atoms with E-state index < -0.39 is 0 Å². The zero-order valence-corrected chi connectivity index (χ0v) is 17.3. The summed E-state index contributed by atoms with van der Waals surface area (Å²) in [7, 11) is 0. The molecule has 5 nitrogen and oxygen atoms in total. The number of hydrogen-bond acceptors (Lipinski definition) is 4. The van der Waals surface area contributed by atoms with E-state index in [1.807, 2.05) is 71.3 Å². The lowest BCUT2D eigenvalue weighted by Gasteiger charge is -2.07. The lowest BCUT2D eigenvalue weighted by molar-refractivity contribution is 0.427. The van der Waals surface area contributed by atoms with Crippen molar-refractivity contribution in [2.45, 2.75) is 0 Å². The number of hydrogen-bond donors (Lipinski definition) is 0. The van der Waals surface area contributed by atoms with Crippen molar-refractivity contribution in [2.24, 2.45) is 0 Å². The summed E-state index contributed by atoms with van der Waals surface area (Å²) in [6.07, 6.45) is 0. The summed E-state index contributed by atoms with van der Waals surface area (Å²) < 4.78 is 14.0. The number of para-hydroxylation sites is 2. The number of halogens is 2. The summed E-state index contributed by atoms with van der Waals surface area (Å²) in [4.78, 5) is 4.54. The van der Waals surface area contributed by atoms with Crippen LogP contribution in [0.25, 0.3) is 28.3 Å². The number of nitrogens with zero attached hydrogens (tertiary/aromatic N) is 3. The van der Waals surface area contributed by atoms with Gasteiger partial charge in [-0.05, 0) is 63.6 Å². The van der Waals surface area contributed by atoms with E-state index in [2.05, 4.69) is 26.1 Å². The highest BCUT2D eigenvalue weighted by atomic mass is 79.9. The molecule has 7 heteroatoms. The standard InChI is InChI=1S/C22H13BrClN3O2/c23-20-13-14-6-4-5-9-18(14)27(20)22-25-21(29-26-22)15-10-11-19(17(24)12-15)28-16-7-2-1-3-8-16/h1-13H. The molecule has 0 aliphatic heterocycles. The number of fused-ring (bicyclic) bond motifs is 1. The molecule has 0 fully saturated rings. The second-order valence-corrected chi connectivity index (χ2v) is 7.54. The summed E-state index contributed by atoms with van der Waals surface area (Å²) in [5.41, 5.74) is 1.69. The van der Waals surface area contributed by atoms with Crippen molar-refractivity contribution in [3.8, 4) is 28.9 Å². The molecule has 2 aromatic heterocycles. The Balaban J connectivity index is 1.47. The van der Waals surface area contributed by atoms with Crippen LogP contribution in [-0.2, 0) is 0 Å². The van der Waals surface area contributed by atoms with Crippen LogP contribution in [0.2, 0.25) is 5.02 Å². The molecule has 0 amide bonds. The molecule has 3 aromatic carbocycles. The van der Waals surface area contributed by atoms with E-state index in [-0.39, 0.29) is 0 Å². The topological polar surface area (TPSA) is 53.1 Å². The highest BCUT2D eigenvalue weighted by Gasteiger charge is 2.16. The molecule has 5 rings (SSSR count). The molecule has 0 atom stereocenters. The second kappa shape index (κ2) is 7.39. The number of aromatic nitrogens is 3. The van der Waals surface area contributed by atoms with Crippen LogP contribution in [0.15, 0.2) is 88.0 Å². The van der Waals surface area contributed by atoms with E-state index in [0.29, 0.717) is 33.9 Å². The normalized spacial score (nSPS) is 11.1. The highest BCUT2D eigenvalue weighted by molar-refractivity contribution is 9.10. The fourth-order valence-corrected chi connectivity index (χ4v) is 3.90. The summed E-state index contributed by atoms with van der Waals surface area (Å²) in [6.45, 7) is 0. The Morgan fingerprint density at radius 3 is 2.55 bits per heavy atom. The predicted molar refractivity (Wildman–Crippen MR) is 116 cm³/mol. The summed E-state index contributed by atoms with van der Waals surface area (Å²) in [5.74, 6) is 2.08. The zero-order chi connectivity index (χ0) is 19.8. The highest BCUT2D eigenvalue weighted by Crippen LogP contribution is 2.34. The molecule has 0 saturated carbocycles. The maximum Gasteiger partial charge on any atom is 0.275 e. The Bertz CT molecular complexity index is 1310. The van der Waals surface area contributed by atoms with Crippen LogP contribution >= 0.6 is 27.5 Å². The summed E-state index contributed by atoms with van der Waals surface area (Å²) in [5, 5.41) is 5.68. The summed E-state index contributed by atoms with van der Waals surface area (Å²) >= 11 is 9.98. The molecular weight excluding hydrogens is 454 g/mol. The van der Waals surface area contributed by atoms with Gasteiger partial charge in [-0.1, -0.05) is 48.0 Å². The zero-order valence-electron chi connectivity index (χ0n) is 14.9. The Labute approximate surface area is 179 Å². The van der Waals surface area contributed by atoms with E-state index >= 15 is 0 Å². The van der Waals surface area contributed by atoms with Crippen LogP contribution < -0.4 is 4.74 Å². The molecule has 0 aliphatic rings. The third-order valence-corrected chi connectivity index (χ3v) is 5.31. The van der Waals surface area contributed by atoms with Crippen molar-refractivity contribution in [3.05, 3.63) is 88.5 Å². The molecule has 2 heterocycles. The lowest BCUT2D eigenvalue weighted by Crippen LogP contribution is -1.96. The van der Waals surface area contributed by atoms with E-state index in [0.717, 1.165) is 15.5 Å². The Morgan fingerprint density at radius 2 is 1.72 bits per heavy atom. The van der Waals surface area contributed by atoms with Crippen LogP contribution in [0.3, 0.4) is 0 Å². The van der Waals surface area contributed by atoms with Gasteiger partial charge in [-0.15, -0.1) is 0 Å². The van der Waals surface area contributed by atoms with Crippen molar-refractivity contribution in [1.29, 1.82) is 0 Å². The quantitative estimate of drug-likeness (QED) is 0.289. The first-order valence-corrected chi connectivity index (χ1v) is 9.99. The van der Waals surface area contributed by atoms with Crippen LogP contribution in [0.4, 0.5) is 0 Å². The van der Waals surface area contributed by atoms with Crippen molar-refractivity contribution in [3.63, 3.8) is 0 Å². The van der Waals surface area contributed by atoms with Gasteiger partial charge < -0.3 is 9.26 Å². The van der Waals surface area contributed by atoms with Gasteiger partial charge in [0.1, 0.15) is 11.5 Å².